The Balaban J connectivity index is 1.84. The average Bonchev–Trinajstić information content (AvgIpc) is 2.42. The maximum atomic E-state index is 5.75. The molecule has 1 aliphatic heterocycles. The molecule has 0 amide bonds. The predicted octanol–water partition coefficient (Wildman–Crippen LogP) is 3.52. The molecule has 3 nitrogen and oxygen atoms in total. The number of nitrogens with one attached hydrogen (secondary N) is 1. The molecule has 112 valence electrons. The smallest absolute Gasteiger partial charge is 0.119 e. The molecule has 1 N–H and O–H groups in total. The maximum absolute atomic E-state index is 5.75. The van der Waals surface area contributed by atoms with E-state index in [1.54, 1.807) is 0 Å². The molecule has 1 atom stereocenters. The molecule has 0 spiro atoms. The molecular formula is C17H27NO2. The Bertz CT molecular complexity index is 417. The summed E-state index contributed by atoms with van der Waals surface area (Å²) in [5.74, 6) is 0.971. The summed E-state index contributed by atoms with van der Waals surface area (Å²) in [7, 11) is 0. The van der Waals surface area contributed by atoms with Gasteiger partial charge in [-0.05, 0) is 50.8 Å². The lowest BCUT2D eigenvalue weighted by atomic mass is 9.94. The number of hydrogen-bond donors (Lipinski definition) is 1. The summed E-state index contributed by atoms with van der Waals surface area (Å²) in [6.45, 7) is 8.98. The minimum atomic E-state index is 0.00199. The second kappa shape index (κ2) is 7.09. The van der Waals surface area contributed by atoms with Gasteiger partial charge in [0.15, 0.2) is 0 Å². The van der Waals surface area contributed by atoms with Gasteiger partial charge in [-0.25, -0.2) is 0 Å². The van der Waals surface area contributed by atoms with Crippen molar-refractivity contribution >= 4 is 0 Å². The summed E-state index contributed by atoms with van der Waals surface area (Å²) in [5, 5.41) is 3.64. The van der Waals surface area contributed by atoms with Crippen LogP contribution in [0.2, 0.25) is 0 Å². The van der Waals surface area contributed by atoms with Crippen LogP contribution in [-0.4, -0.2) is 24.9 Å². The van der Waals surface area contributed by atoms with Crippen molar-refractivity contribution in [1.29, 1.82) is 0 Å². The van der Waals surface area contributed by atoms with Crippen LogP contribution in [0.3, 0.4) is 0 Å². The molecule has 1 unspecified atom stereocenters. The second-order valence-electron chi connectivity index (χ2n) is 6.17. The van der Waals surface area contributed by atoms with Gasteiger partial charge in [0.1, 0.15) is 5.75 Å². The minimum absolute atomic E-state index is 0.00199. The Labute approximate surface area is 122 Å². The van der Waals surface area contributed by atoms with Crippen LogP contribution in [0.25, 0.3) is 0 Å². The first-order valence-electron chi connectivity index (χ1n) is 7.68. The monoisotopic (exact) mass is 277 g/mol. The Morgan fingerprint density at radius 3 is 3.00 bits per heavy atom. The maximum Gasteiger partial charge on any atom is 0.119 e. The summed E-state index contributed by atoms with van der Waals surface area (Å²) < 4.78 is 11.4. The van der Waals surface area contributed by atoms with Gasteiger partial charge in [-0.1, -0.05) is 19.1 Å². The van der Waals surface area contributed by atoms with Crippen molar-refractivity contribution < 1.29 is 9.47 Å². The molecule has 20 heavy (non-hydrogen) atoms. The van der Waals surface area contributed by atoms with Gasteiger partial charge in [0, 0.05) is 19.2 Å². The first-order valence-corrected chi connectivity index (χ1v) is 7.68. The normalized spacial score (nSPS) is 21.6. The average molecular weight is 277 g/mol. The summed E-state index contributed by atoms with van der Waals surface area (Å²) in [5.41, 5.74) is 1.28. The van der Waals surface area contributed by atoms with Crippen molar-refractivity contribution in [1.82, 2.24) is 5.32 Å². The van der Waals surface area contributed by atoms with Crippen LogP contribution >= 0.6 is 0 Å². The molecule has 1 aromatic rings. The second-order valence-corrected chi connectivity index (χ2v) is 6.17. The molecular weight excluding hydrogens is 250 g/mol. The summed E-state index contributed by atoms with van der Waals surface area (Å²) in [4.78, 5) is 0. The lowest BCUT2D eigenvalue weighted by Crippen LogP contribution is -2.43. The van der Waals surface area contributed by atoms with Gasteiger partial charge in [0.25, 0.3) is 0 Å². The van der Waals surface area contributed by atoms with Crippen LogP contribution in [0.4, 0.5) is 0 Å². The number of benzene rings is 1. The molecule has 1 aliphatic rings. The Morgan fingerprint density at radius 2 is 2.25 bits per heavy atom. The first-order chi connectivity index (χ1) is 9.59. The predicted molar refractivity (Wildman–Crippen MR) is 82.1 cm³/mol. The van der Waals surface area contributed by atoms with Gasteiger partial charge in [-0.3, -0.25) is 0 Å². The standard InChI is InChI=1S/C17H27NO2/c1-4-9-19-16-7-5-6-14(11-16)13-18-15-8-10-20-17(2,3)12-15/h5-7,11,15,18H,4,8-10,12-13H2,1-3H3. The van der Waals surface area contributed by atoms with E-state index in [4.69, 9.17) is 9.47 Å². The molecule has 0 radical (unpaired) electrons. The fraction of sp³-hybridized carbons (Fsp3) is 0.647. The van der Waals surface area contributed by atoms with Gasteiger partial charge < -0.3 is 14.8 Å². The van der Waals surface area contributed by atoms with Crippen LogP contribution < -0.4 is 10.1 Å². The van der Waals surface area contributed by atoms with Crippen LogP contribution in [0.5, 0.6) is 5.75 Å². The Kier molecular flexibility index (Phi) is 5.44. The SMILES string of the molecule is CCCOc1cccc(CNC2CCOC(C)(C)C2)c1. The van der Waals surface area contributed by atoms with E-state index < -0.39 is 0 Å². The summed E-state index contributed by atoms with van der Waals surface area (Å²) in [6.07, 6.45) is 3.20. The number of hydrogen-bond acceptors (Lipinski definition) is 3. The highest BCUT2D eigenvalue weighted by atomic mass is 16.5. The zero-order valence-electron chi connectivity index (χ0n) is 12.9. The van der Waals surface area contributed by atoms with Crippen molar-refractivity contribution in [2.45, 2.75) is 58.2 Å². The molecule has 1 heterocycles. The Morgan fingerprint density at radius 1 is 1.40 bits per heavy atom. The molecule has 1 aromatic carbocycles. The fourth-order valence-corrected chi connectivity index (χ4v) is 2.63. The van der Waals surface area contributed by atoms with Crippen molar-refractivity contribution in [3.8, 4) is 5.75 Å². The topological polar surface area (TPSA) is 30.5 Å². The van der Waals surface area contributed by atoms with Crippen LogP contribution in [0.15, 0.2) is 24.3 Å². The zero-order valence-corrected chi connectivity index (χ0v) is 12.9. The van der Waals surface area contributed by atoms with E-state index in [9.17, 15) is 0 Å². The van der Waals surface area contributed by atoms with E-state index in [0.717, 1.165) is 44.8 Å². The van der Waals surface area contributed by atoms with E-state index in [1.807, 2.05) is 6.07 Å². The van der Waals surface area contributed by atoms with Crippen molar-refractivity contribution in [3.05, 3.63) is 29.8 Å². The largest absolute Gasteiger partial charge is 0.494 e. The van der Waals surface area contributed by atoms with Crippen LogP contribution in [0.1, 0.15) is 45.6 Å². The molecule has 0 saturated carbocycles. The zero-order chi connectivity index (χ0) is 14.4. The van der Waals surface area contributed by atoms with E-state index >= 15 is 0 Å². The van der Waals surface area contributed by atoms with Gasteiger partial charge in [0.2, 0.25) is 0 Å². The number of rotatable bonds is 6. The van der Waals surface area contributed by atoms with Gasteiger partial charge in [0.05, 0.1) is 12.2 Å². The molecule has 2 rings (SSSR count). The highest BCUT2D eigenvalue weighted by molar-refractivity contribution is 5.28. The molecule has 1 saturated heterocycles. The van der Waals surface area contributed by atoms with Crippen LogP contribution in [-0.2, 0) is 11.3 Å². The van der Waals surface area contributed by atoms with E-state index in [-0.39, 0.29) is 5.60 Å². The minimum Gasteiger partial charge on any atom is -0.494 e. The van der Waals surface area contributed by atoms with Gasteiger partial charge in [-0.2, -0.15) is 0 Å². The first kappa shape index (κ1) is 15.3. The van der Waals surface area contributed by atoms with E-state index in [0.29, 0.717) is 6.04 Å². The summed E-state index contributed by atoms with van der Waals surface area (Å²) in [6, 6.07) is 8.91. The quantitative estimate of drug-likeness (QED) is 0.863. The lowest BCUT2D eigenvalue weighted by molar-refractivity contribution is -0.0630. The van der Waals surface area contributed by atoms with E-state index in [1.165, 1.54) is 5.56 Å². The van der Waals surface area contributed by atoms with Gasteiger partial charge in [-0.15, -0.1) is 0 Å². The summed E-state index contributed by atoms with van der Waals surface area (Å²) >= 11 is 0. The Hall–Kier alpha value is -1.06. The lowest BCUT2D eigenvalue weighted by Gasteiger charge is -2.36. The van der Waals surface area contributed by atoms with Gasteiger partial charge >= 0.3 is 0 Å². The number of ether oxygens (including phenoxy) is 2. The highest BCUT2D eigenvalue weighted by Crippen LogP contribution is 2.24. The molecule has 0 aliphatic carbocycles. The molecule has 1 fully saturated rings. The van der Waals surface area contributed by atoms with Crippen molar-refractivity contribution in [3.63, 3.8) is 0 Å². The third-order valence-electron chi connectivity index (χ3n) is 3.66. The third-order valence-corrected chi connectivity index (χ3v) is 3.66. The third kappa shape index (κ3) is 4.80. The highest BCUT2D eigenvalue weighted by Gasteiger charge is 2.28. The molecule has 3 heteroatoms. The van der Waals surface area contributed by atoms with Crippen molar-refractivity contribution in [2.24, 2.45) is 0 Å². The fourth-order valence-electron chi connectivity index (χ4n) is 2.63. The molecule has 0 bridgehead atoms. The van der Waals surface area contributed by atoms with E-state index in [2.05, 4.69) is 44.3 Å². The van der Waals surface area contributed by atoms with Crippen molar-refractivity contribution in [2.75, 3.05) is 13.2 Å². The van der Waals surface area contributed by atoms with Crippen LogP contribution in [0, 0.1) is 0 Å². The molecule has 0 aromatic heterocycles.